The predicted molar refractivity (Wildman–Crippen MR) is 213 cm³/mol. The molecule has 0 spiro atoms. The first-order valence-corrected chi connectivity index (χ1v) is 20.4. The molecule has 1 amide bonds. The Labute approximate surface area is 307 Å². The lowest BCUT2D eigenvalue weighted by molar-refractivity contribution is -0.123. The molecular weight excluding hydrogens is 630 g/mol. The SMILES string of the molecule is CCCCCCCCCCCCCCOCC(CNC(=O)[C@@H](N)Cc1c[nH]c2ccccc12)OCCCCCCCCCCCCCC.Cl. The number of aromatic nitrogens is 1. The van der Waals surface area contributed by atoms with Gasteiger partial charge in [0.25, 0.3) is 0 Å². The van der Waals surface area contributed by atoms with Gasteiger partial charge < -0.3 is 25.5 Å². The first kappa shape index (κ1) is 45.4. The number of rotatable bonds is 34. The number of benzene rings is 1. The van der Waals surface area contributed by atoms with Crippen LogP contribution < -0.4 is 11.1 Å². The van der Waals surface area contributed by atoms with E-state index in [0.717, 1.165) is 35.9 Å². The second kappa shape index (κ2) is 32.3. The Balaban J connectivity index is 0.0000120. The van der Waals surface area contributed by atoms with Gasteiger partial charge in [-0.05, 0) is 30.9 Å². The third-order valence-corrected chi connectivity index (χ3v) is 9.75. The van der Waals surface area contributed by atoms with Gasteiger partial charge in [-0.2, -0.15) is 0 Å². The number of para-hydroxylation sites is 1. The number of aromatic amines is 1. The van der Waals surface area contributed by atoms with Crippen LogP contribution in [0.15, 0.2) is 30.5 Å². The zero-order valence-corrected chi connectivity index (χ0v) is 32.6. The van der Waals surface area contributed by atoms with Crippen molar-refractivity contribution in [3.8, 4) is 0 Å². The molecule has 49 heavy (non-hydrogen) atoms. The quantitative estimate of drug-likeness (QED) is 0.0632. The van der Waals surface area contributed by atoms with E-state index in [1.54, 1.807) is 0 Å². The number of nitrogens with two attached hydrogens (primary N) is 1. The highest BCUT2D eigenvalue weighted by atomic mass is 35.5. The van der Waals surface area contributed by atoms with Gasteiger partial charge in [-0.25, -0.2) is 0 Å². The Bertz CT molecular complexity index is 1020. The maximum absolute atomic E-state index is 13.0. The normalized spacial score (nSPS) is 12.6. The molecule has 1 unspecified atom stereocenters. The van der Waals surface area contributed by atoms with Gasteiger partial charge in [-0.15, -0.1) is 12.4 Å². The zero-order valence-electron chi connectivity index (χ0n) is 31.8. The average molecular weight is 707 g/mol. The highest BCUT2D eigenvalue weighted by Gasteiger charge is 2.18. The molecule has 284 valence electrons. The van der Waals surface area contributed by atoms with Gasteiger partial charge in [0.05, 0.1) is 18.8 Å². The molecule has 0 bridgehead atoms. The van der Waals surface area contributed by atoms with Crippen molar-refractivity contribution in [1.29, 1.82) is 0 Å². The van der Waals surface area contributed by atoms with E-state index in [2.05, 4.69) is 30.2 Å². The number of fused-ring (bicyclic) bond motifs is 1. The van der Waals surface area contributed by atoms with Crippen molar-refractivity contribution < 1.29 is 14.3 Å². The van der Waals surface area contributed by atoms with Gasteiger partial charge in [0.2, 0.25) is 5.91 Å². The number of hydrogen-bond donors (Lipinski definition) is 3. The molecule has 7 heteroatoms. The lowest BCUT2D eigenvalue weighted by Crippen LogP contribution is -2.45. The number of hydrogen-bond acceptors (Lipinski definition) is 4. The number of carbonyl (C=O) groups is 1. The molecule has 2 rings (SSSR count). The van der Waals surface area contributed by atoms with Crippen molar-refractivity contribution >= 4 is 29.2 Å². The molecule has 1 aromatic heterocycles. The van der Waals surface area contributed by atoms with Crippen LogP contribution in [0.3, 0.4) is 0 Å². The molecule has 0 saturated carbocycles. The fraction of sp³-hybridized carbons (Fsp3) is 0.786. The highest BCUT2D eigenvalue weighted by molar-refractivity contribution is 5.86. The van der Waals surface area contributed by atoms with Crippen molar-refractivity contribution in [2.75, 3.05) is 26.4 Å². The van der Waals surface area contributed by atoms with Crippen LogP contribution in [0.25, 0.3) is 10.9 Å². The molecule has 0 fully saturated rings. The van der Waals surface area contributed by atoms with Crippen molar-refractivity contribution in [3.05, 3.63) is 36.0 Å². The van der Waals surface area contributed by atoms with Crippen LogP contribution >= 0.6 is 12.4 Å². The van der Waals surface area contributed by atoms with Crippen molar-refractivity contribution in [1.82, 2.24) is 10.3 Å². The van der Waals surface area contributed by atoms with Crippen LogP contribution in [0, 0.1) is 0 Å². The first-order valence-electron chi connectivity index (χ1n) is 20.4. The number of unbranched alkanes of at least 4 members (excludes halogenated alkanes) is 22. The molecule has 4 N–H and O–H groups in total. The molecule has 1 aromatic carbocycles. The Kier molecular flexibility index (Phi) is 30.0. The summed E-state index contributed by atoms with van der Waals surface area (Å²) >= 11 is 0. The largest absolute Gasteiger partial charge is 0.379 e. The number of H-pyrrole nitrogens is 1. The summed E-state index contributed by atoms with van der Waals surface area (Å²) in [5.41, 5.74) is 8.48. The number of nitrogens with one attached hydrogen (secondary N) is 2. The summed E-state index contributed by atoms with van der Waals surface area (Å²) in [6.45, 7) is 6.96. The predicted octanol–water partition coefficient (Wildman–Crippen LogP) is 11.4. The van der Waals surface area contributed by atoms with Gasteiger partial charge in [-0.3, -0.25) is 4.79 Å². The van der Waals surface area contributed by atoms with Crippen molar-refractivity contribution in [2.45, 2.75) is 187 Å². The fourth-order valence-electron chi connectivity index (χ4n) is 6.59. The van der Waals surface area contributed by atoms with Crippen LogP contribution in [0.1, 0.15) is 174 Å². The number of amides is 1. The van der Waals surface area contributed by atoms with Crippen LogP contribution in [-0.2, 0) is 20.7 Å². The number of carbonyl (C=O) groups excluding carboxylic acids is 1. The van der Waals surface area contributed by atoms with Crippen molar-refractivity contribution in [2.24, 2.45) is 5.73 Å². The van der Waals surface area contributed by atoms with Crippen LogP contribution in [0.4, 0.5) is 0 Å². The van der Waals surface area contributed by atoms with Gasteiger partial charge in [-0.1, -0.05) is 173 Å². The van der Waals surface area contributed by atoms with Crippen LogP contribution in [-0.4, -0.2) is 49.4 Å². The van der Waals surface area contributed by atoms with E-state index < -0.39 is 6.04 Å². The van der Waals surface area contributed by atoms with Crippen LogP contribution in [0.2, 0.25) is 0 Å². The Morgan fingerprint density at radius 1 is 0.694 bits per heavy atom. The minimum Gasteiger partial charge on any atom is -0.379 e. The second-order valence-corrected chi connectivity index (χ2v) is 14.3. The van der Waals surface area contributed by atoms with E-state index in [1.807, 2.05) is 24.4 Å². The smallest absolute Gasteiger partial charge is 0.237 e. The van der Waals surface area contributed by atoms with E-state index >= 15 is 0 Å². The Hall–Kier alpha value is -1.60. The Morgan fingerprint density at radius 3 is 1.69 bits per heavy atom. The van der Waals surface area contributed by atoms with E-state index in [1.165, 1.54) is 141 Å². The monoisotopic (exact) mass is 706 g/mol. The third kappa shape index (κ3) is 23.5. The van der Waals surface area contributed by atoms with E-state index in [9.17, 15) is 4.79 Å². The van der Waals surface area contributed by atoms with Crippen LogP contribution in [0.5, 0.6) is 0 Å². The molecule has 0 aliphatic carbocycles. The summed E-state index contributed by atoms with van der Waals surface area (Å²) in [6.07, 6.45) is 34.3. The van der Waals surface area contributed by atoms with Gasteiger partial charge in [0.15, 0.2) is 0 Å². The lowest BCUT2D eigenvalue weighted by atomic mass is 10.1. The summed E-state index contributed by atoms with van der Waals surface area (Å²) in [5.74, 6) is -0.139. The van der Waals surface area contributed by atoms with E-state index in [4.69, 9.17) is 15.2 Å². The molecule has 6 nitrogen and oxygen atoms in total. The summed E-state index contributed by atoms with van der Waals surface area (Å²) in [5, 5.41) is 4.18. The summed E-state index contributed by atoms with van der Waals surface area (Å²) in [6, 6.07) is 7.52. The maximum Gasteiger partial charge on any atom is 0.237 e. The molecule has 0 radical (unpaired) electrons. The molecule has 1 heterocycles. The Morgan fingerprint density at radius 2 is 1.16 bits per heavy atom. The molecule has 2 atom stereocenters. The average Bonchev–Trinajstić information content (AvgIpc) is 3.51. The summed E-state index contributed by atoms with van der Waals surface area (Å²) in [7, 11) is 0. The maximum atomic E-state index is 13.0. The molecular formula is C42H76ClN3O3. The number of halogens is 1. The standard InChI is InChI=1S/C42H75N3O3.ClH/c1-3-5-7-9-11-13-15-17-19-21-23-27-31-47-36-38(48-32-28-24-22-20-18-16-14-12-10-8-6-4-2)35-45-42(46)40(43)33-37-34-44-41-30-26-25-29-39(37)41;/h25-26,29-30,34,38,40,44H,3-24,27-28,31-33,35-36,43H2,1-2H3,(H,45,46);1H/t38?,40-;/m0./s1. The fourth-order valence-corrected chi connectivity index (χ4v) is 6.59. The second-order valence-electron chi connectivity index (χ2n) is 14.3. The third-order valence-electron chi connectivity index (χ3n) is 9.75. The molecule has 0 saturated heterocycles. The number of ether oxygens (including phenoxy) is 2. The highest BCUT2D eigenvalue weighted by Crippen LogP contribution is 2.19. The summed E-state index contributed by atoms with van der Waals surface area (Å²) in [4.78, 5) is 16.2. The zero-order chi connectivity index (χ0) is 34.3. The molecule has 2 aromatic rings. The van der Waals surface area contributed by atoms with Gasteiger partial charge >= 0.3 is 0 Å². The van der Waals surface area contributed by atoms with Gasteiger partial charge in [0, 0.05) is 36.9 Å². The van der Waals surface area contributed by atoms with E-state index in [0.29, 0.717) is 26.2 Å². The topological polar surface area (TPSA) is 89.4 Å². The van der Waals surface area contributed by atoms with Gasteiger partial charge in [0.1, 0.15) is 0 Å². The first-order chi connectivity index (χ1) is 23.7. The molecule has 0 aliphatic heterocycles. The minimum atomic E-state index is -0.608. The summed E-state index contributed by atoms with van der Waals surface area (Å²) < 4.78 is 12.3. The van der Waals surface area contributed by atoms with E-state index in [-0.39, 0.29) is 24.4 Å². The van der Waals surface area contributed by atoms with Crippen molar-refractivity contribution in [3.63, 3.8) is 0 Å². The minimum absolute atomic E-state index is 0. The molecule has 0 aliphatic rings. The lowest BCUT2D eigenvalue weighted by Gasteiger charge is -2.20.